The van der Waals surface area contributed by atoms with Gasteiger partial charge in [0.05, 0.1) is 47.1 Å². The predicted octanol–water partition coefficient (Wildman–Crippen LogP) is 9.01. The molecule has 0 saturated carbocycles. The number of nitrogens with two attached hydrogens (primary N) is 1. The van der Waals surface area contributed by atoms with Gasteiger partial charge in [-0.15, -0.1) is 0 Å². The largest absolute Gasteiger partial charge is 0.673 e. The summed E-state index contributed by atoms with van der Waals surface area (Å²) >= 11 is 0. The molecule has 0 radical (unpaired) electrons. The highest BCUT2D eigenvalue weighted by Crippen LogP contribution is 2.36. The van der Waals surface area contributed by atoms with Gasteiger partial charge in [-0.2, -0.15) is 26.3 Å². The van der Waals surface area contributed by atoms with Gasteiger partial charge in [-0.25, -0.2) is 4.42 Å². The third-order valence-corrected chi connectivity index (χ3v) is 5.01. The Labute approximate surface area is 228 Å². The maximum absolute atomic E-state index is 12.9. The molecule has 0 aliphatic carbocycles. The van der Waals surface area contributed by atoms with Crippen molar-refractivity contribution in [3.05, 3.63) is 95.7 Å². The molecule has 1 aliphatic heterocycles. The van der Waals surface area contributed by atoms with Crippen molar-refractivity contribution in [3.8, 4) is 22.6 Å². The topological polar surface area (TPSA) is 27.9 Å². The van der Waals surface area contributed by atoms with Crippen molar-refractivity contribution >= 4 is 20.1 Å². The number of hydrogen-bond acceptors (Lipinski definition) is 0. The molecule has 3 aromatic rings. The fraction of sp³-hybridized carbons (Fsp3) is 0.125. The summed E-state index contributed by atoms with van der Waals surface area (Å²) in [6.45, 7) is 0.711. The van der Waals surface area contributed by atoms with E-state index in [0.717, 1.165) is 35.4 Å². The minimum atomic E-state index is -6.00. The molecule has 42 heavy (non-hydrogen) atoms. The standard InChI is InChI=1S/C24H16F6NO.2BF4/c25-23(26,27)19-5-1-16(2-6-19)21-13-18(15-9-11-31-12-10-15)14-22(32-21)17-3-7-20(8-4-17)24(28,29)30;2*2-1(3,4)5/h1-11,13-14,31H,12H2;;/q+1;2*-1/p+1. The Morgan fingerprint density at radius 1 is 0.571 bits per heavy atom. The first-order valence-electron chi connectivity index (χ1n) is 11.4. The minimum Gasteiger partial charge on any atom is -0.418 e. The highest BCUT2D eigenvalue weighted by Gasteiger charge is 2.32. The van der Waals surface area contributed by atoms with Crippen molar-refractivity contribution in [2.45, 2.75) is 12.4 Å². The van der Waals surface area contributed by atoms with E-state index in [2.05, 4.69) is 0 Å². The fourth-order valence-electron chi connectivity index (χ4n) is 3.33. The summed E-state index contributed by atoms with van der Waals surface area (Å²) in [5.41, 5.74) is 0.887. The Kier molecular flexibility index (Phi) is 11.0. The highest BCUT2D eigenvalue weighted by molar-refractivity contribution is 6.50. The lowest BCUT2D eigenvalue weighted by Crippen LogP contribution is -2.78. The monoisotopic (exact) mass is 623 g/mol. The second-order valence-corrected chi connectivity index (χ2v) is 8.20. The number of allylic oxidation sites excluding steroid dienone is 2. The number of alkyl halides is 6. The summed E-state index contributed by atoms with van der Waals surface area (Å²) < 4.78 is 161. The summed E-state index contributed by atoms with van der Waals surface area (Å²) in [5, 5.41) is 1.96. The molecular weight excluding hydrogens is 606 g/mol. The summed E-state index contributed by atoms with van der Waals surface area (Å²) in [4.78, 5) is 0. The molecule has 1 aliphatic rings. The van der Waals surface area contributed by atoms with Crippen LogP contribution < -0.4 is 5.32 Å². The van der Waals surface area contributed by atoms with Crippen molar-refractivity contribution in [1.29, 1.82) is 0 Å². The van der Waals surface area contributed by atoms with Gasteiger partial charge in [0, 0.05) is 5.56 Å². The molecule has 1 aromatic heterocycles. The summed E-state index contributed by atoms with van der Waals surface area (Å²) in [6, 6.07) is 12.5. The zero-order valence-corrected chi connectivity index (χ0v) is 20.6. The number of rotatable bonds is 3. The molecule has 0 unspecified atom stereocenters. The maximum atomic E-state index is 12.9. The number of quaternary nitrogens is 1. The SMILES string of the molecule is FC(F)(F)c1ccc(-c2cc(C3=CC[NH2+]C=C3)cc(-c3ccc(C(F)(F)F)cc3)[o+]2)cc1.F[B-](F)(F)F.F[B-](F)(F)F. The van der Waals surface area contributed by atoms with E-state index in [-0.39, 0.29) is 0 Å². The third-order valence-electron chi connectivity index (χ3n) is 5.01. The van der Waals surface area contributed by atoms with Crippen LogP contribution in [-0.2, 0) is 12.4 Å². The van der Waals surface area contributed by atoms with Crippen molar-refractivity contribution in [2.75, 3.05) is 6.54 Å². The van der Waals surface area contributed by atoms with E-state index in [1.54, 1.807) is 12.1 Å². The molecule has 0 bridgehead atoms. The number of benzene rings is 2. The van der Waals surface area contributed by atoms with E-state index in [4.69, 9.17) is 4.42 Å². The molecule has 18 heteroatoms. The van der Waals surface area contributed by atoms with Crippen LogP contribution in [0.25, 0.3) is 28.2 Å². The second-order valence-electron chi connectivity index (χ2n) is 8.20. The van der Waals surface area contributed by atoms with Crippen molar-refractivity contribution in [1.82, 2.24) is 0 Å². The summed E-state index contributed by atoms with van der Waals surface area (Å²) in [5.74, 6) is 0.602. The van der Waals surface area contributed by atoms with Crippen LogP contribution in [0.3, 0.4) is 0 Å². The van der Waals surface area contributed by atoms with Gasteiger partial charge in [0.2, 0.25) is 0 Å². The van der Waals surface area contributed by atoms with Gasteiger partial charge >= 0.3 is 38.4 Å². The number of hydrogen-bond donors (Lipinski definition) is 1. The van der Waals surface area contributed by atoms with E-state index in [9.17, 15) is 60.9 Å². The van der Waals surface area contributed by atoms with Crippen LogP contribution in [0, 0.1) is 0 Å². The fourth-order valence-corrected chi connectivity index (χ4v) is 3.33. The Balaban J connectivity index is 0.000000533. The van der Waals surface area contributed by atoms with Crippen molar-refractivity contribution < 1.29 is 70.6 Å². The molecule has 2 aromatic carbocycles. The third kappa shape index (κ3) is 12.4. The van der Waals surface area contributed by atoms with Gasteiger partial charge < -0.3 is 39.8 Å². The van der Waals surface area contributed by atoms with Crippen LogP contribution in [0.1, 0.15) is 16.7 Å². The van der Waals surface area contributed by atoms with E-state index >= 15 is 0 Å². The highest BCUT2D eigenvalue weighted by atomic mass is 19.5. The second kappa shape index (κ2) is 13.4. The lowest BCUT2D eigenvalue weighted by atomic mass is 9.99. The lowest BCUT2D eigenvalue weighted by Gasteiger charge is -2.08. The van der Waals surface area contributed by atoms with Gasteiger partial charge in [0.1, 0.15) is 0 Å². The normalized spacial score (nSPS) is 13.8. The molecule has 0 fully saturated rings. The first-order valence-corrected chi connectivity index (χ1v) is 11.4. The van der Waals surface area contributed by atoms with Gasteiger partial charge in [0.25, 0.3) is 0 Å². The smallest absolute Gasteiger partial charge is 0.418 e. The molecule has 0 saturated heterocycles. The average molecular weight is 623 g/mol. The van der Waals surface area contributed by atoms with Crippen LogP contribution in [0.4, 0.5) is 60.9 Å². The first kappa shape index (κ1) is 34.4. The molecule has 4 rings (SSSR count). The number of halogens is 14. The summed E-state index contributed by atoms with van der Waals surface area (Å²) in [6.07, 6.45) is -3.18. The van der Waals surface area contributed by atoms with Crippen LogP contribution in [0.5, 0.6) is 0 Å². The van der Waals surface area contributed by atoms with Gasteiger partial charge in [0.15, 0.2) is 0 Å². The van der Waals surface area contributed by atoms with Crippen LogP contribution in [0.15, 0.2) is 83.4 Å². The Bertz CT molecular complexity index is 1280. The zero-order valence-electron chi connectivity index (χ0n) is 20.6. The van der Waals surface area contributed by atoms with E-state index in [1.807, 2.05) is 23.7 Å². The maximum Gasteiger partial charge on any atom is 0.673 e. The van der Waals surface area contributed by atoms with Gasteiger partial charge in [-0.05, 0) is 66.3 Å². The van der Waals surface area contributed by atoms with Gasteiger partial charge in [-0.3, -0.25) is 0 Å². The van der Waals surface area contributed by atoms with E-state index in [1.165, 1.54) is 24.3 Å². The molecule has 2 nitrogen and oxygen atoms in total. The van der Waals surface area contributed by atoms with Crippen LogP contribution in [-0.4, -0.2) is 21.1 Å². The Hall–Kier alpha value is -3.82. The van der Waals surface area contributed by atoms with E-state index in [0.29, 0.717) is 29.2 Å². The zero-order chi connectivity index (χ0) is 31.9. The van der Waals surface area contributed by atoms with E-state index < -0.39 is 38.0 Å². The molecule has 0 amide bonds. The van der Waals surface area contributed by atoms with Crippen LogP contribution in [0.2, 0.25) is 0 Å². The molecular formula is C24H17B2F14NO. The quantitative estimate of drug-likeness (QED) is 0.176. The Morgan fingerprint density at radius 2 is 0.929 bits per heavy atom. The lowest BCUT2D eigenvalue weighted by molar-refractivity contribution is -0.578. The predicted molar refractivity (Wildman–Crippen MR) is 128 cm³/mol. The van der Waals surface area contributed by atoms with Crippen molar-refractivity contribution in [2.24, 2.45) is 0 Å². The minimum absolute atomic E-state index is 0.301. The van der Waals surface area contributed by atoms with Crippen molar-refractivity contribution in [3.63, 3.8) is 0 Å². The molecule has 0 spiro atoms. The molecule has 228 valence electrons. The van der Waals surface area contributed by atoms with Crippen LogP contribution >= 0.6 is 0 Å². The Morgan fingerprint density at radius 3 is 1.21 bits per heavy atom. The first-order chi connectivity index (χ1) is 19.1. The average Bonchev–Trinajstić information content (AvgIpc) is 2.86. The van der Waals surface area contributed by atoms with Gasteiger partial charge in [-0.1, -0.05) is 0 Å². The molecule has 2 N–H and O–H groups in total. The summed E-state index contributed by atoms with van der Waals surface area (Å²) in [7, 11) is -12.0. The molecule has 2 heterocycles. The molecule has 0 atom stereocenters.